The Morgan fingerprint density at radius 3 is 2.64 bits per heavy atom. The van der Waals surface area contributed by atoms with Crippen molar-refractivity contribution >= 4 is 40.3 Å². The number of anilines is 1. The first-order chi connectivity index (χ1) is 18.8. The Kier molecular flexibility index (Phi) is 9.08. The van der Waals surface area contributed by atoms with Crippen molar-refractivity contribution in [3.05, 3.63) is 81.5 Å². The molecule has 1 aromatic heterocycles. The van der Waals surface area contributed by atoms with Crippen LogP contribution in [0.25, 0.3) is 0 Å². The molecule has 204 valence electrons. The van der Waals surface area contributed by atoms with Crippen molar-refractivity contribution in [3.63, 3.8) is 0 Å². The van der Waals surface area contributed by atoms with Crippen LogP contribution < -0.4 is 15.5 Å². The van der Waals surface area contributed by atoms with Gasteiger partial charge < -0.3 is 14.8 Å². The van der Waals surface area contributed by atoms with Crippen molar-refractivity contribution < 1.29 is 28.2 Å². The average molecular weight is 552 g/mol. The smallest absolute Gasteiger partial charge is 0.341 e. The number of nitrogens with one attached hydrogen (secondary N) is 2. The molecule has 1 heterocycles. The number of ether oxygens (including phenoxy) is 2. The van der Waals surface area contributed by atoms with Crippen LogP contribution >= 0.6 is 11.3 Å². The molecular formula is C29H30FN3O5S. The topological polar surface area (TPSA) is 106 Å². The van der Waals surface area contributed by atoms with Crippen molar-refractivity contribution in [1.29, 1.82) is 0 Å². The van der Waals surface area contributed by atoms with Gasteiger partial charge >= 0.3 is 5.97 Å². The molecule has 0 radical (unpaired) electrons. The van der Waals surface area contributed by atoms with E-state index in [0.29, 0.717) is 27.8 Å². The third-order valence-corrected chi connectivity index (χ3v) is 7.47. The number of nitrogens with zero attached hydrogens (tertiary/aromatic N) is 1. The quantitative estimate of drug-likeness (QED) is 0.212. The highest BCUT2D eigenvalue weighted by Crippen LogP contribution is 2.40. The minimum Gasteiger partial charge on any atom is -0.481 e. The molecule has 1 aliphatic rings. The SMILES string of the molecule is CCOC(=O)c1c(NC(=O)c2ccc(O[C@H](C)C(=O)N/N=C\c3ccccc3F)cc2)sc2c1CC[C@H](C)C2. The van der Waals surface area contributed by atoms with Gasteiger partial charge in [-0.2, -0.15) is 5.10 Å². The predicted molar refractivity (Wildman–Crippen MR) is 148 cm³/mol. The van der Waals surface area contributed by atoms with Crippen LogP contribution in [-0.4, -0.2) is 36.7 Å². The maximum Gasteiger partial charge on any atom is 0.341 e. The molecular weight excluding hydrogens is 521 g/mol. The normalized spacial score (nSPS) is 15.3. The van der Waals surface area contributed by atoms with Crippen LogP contribution in [0.3, 0.4) is 0 Å². The minimum atomic E-state index is -0.894. The number of benzene rings is 2. The van der Waals surface area contributed by atoms with E-state index in [9.17, 15) is 18.8 Å². The number of fused-ring (bicyclic) bond motifs is 1. The molecule has 2 atom stereocenters. The van der Waals surface area contributed by atoms with Gasteiger partial charge in [-0.05, 0) is 74.9 Å². The summed E-state index contributed by atoms with van der Waals surface area (Å²) in [7, 11) is 0. The molecule has 10 heteroatoms. The Morgan fingerprint density at radius 1 is 1.18 bits per heavy atom. The van der Waals surface area contributed by atoms with Crippen LogP contribution in [0.1, 0.15) is 63.9 Å². The van der Waals surface area contributed by atoms with Crippen molar-refractivity contribution in [2.75, 3.05) is 11.9 Å². The first kappa shape index (κ1) is 28.0. The standard InChI is InChI=1S/C29H30FN3O5S/c1-4-37-29(36)25-22-14-9-17(2)15-24(22)39-28(25)32-27(35)19-10-12-21(13-11-19)38-18(3)26(34)33-31-16-20-7-5-6-8-23(20)30/h5-8,10-13,16-18H,4,9,14-15H2,1-3H3,(H,32,35)(H,33,34)/b31-16-/t17-,18+/m0/s1. The predicted octanol–water partition coefficient (Wildman–Crippen LogP) is 5.36. The lowest BCUT2D eigenvalue weighted by atomic mass is 9.88. The molecule has 4 rings (SSSR count). The molecule has 0 fully saturated rings. The molecule has 1 aliphatic carbocycles. The van der Waals surface area contributed by atoms with E-state index in [1.165, 1.54) is 29.7 Å². The Bertz CT molecular complexity index is 1390. The summed E-state index contributed by atoms with van der Waals surface area (Å²) in [6, 6.07) is 12.4. The summed E-state index contributed by atoms with van der Waals surface area (Å²) in [5.74, 6) is -0.868. The lowest BCUT2D eigenvalue weighted by Gasteiger charge is -2.18. The summed E-state index contributed by atoms with van der Waals surface area (Å²) in [6.07, 6.45) is 2.96. The van der Waals surface area contributed by atoms with Gasteiger partial charge in [0.05, 0.1) is 18.4 Å². The van der Waals surface area contributed by atoms with Gasteiger partial charge in [-0.25, -0.2) is 14.6 Å². The van der Waals surface area contributed by atoms with Gasteiger partial charge in [-0.3, -0.25) is 9.59 Å². The molecule has 0 saturated carbocycles. The number of hydrogen-bond donors (Lipinski definition) is 2. The highest BCUT2D eigenvalue weighted by molar-refractivity contribution is 7.17. The molecule has 8 nitrogen and oxygen atoms in total. The zero-order valence-corrected chi connectivity index (χ0v) is 22.8. The zero-order valence-electron chi connectivity index (χ0n) is 22.0. The number of esters is 1. The van der Waals surface area contributed by atoms with Crippen molar-refractivity contribution in [3.8, 4) is 5.75 Å². The van der Waals surface area contributed by atoms with Gasteiger partial charge in [0.15, 0.2) is 6.10 Å². The fourth-order valence-corrected chi connectivity index (χ4v) is 5.61. The van der Waals surface area contributed by atoms with Crippen molar-refractivity contribution in [2.24, 2.45) is 11.0 Å². The average Bonchev–Trinajstić information content (AvgIpc) is 3.26. The van der Waals surface area contributed by atoms with Crippen molar-refractivity contribution in [2.45, 2.75) is 46.1 Å². The number of hydrazone groups is 1. The molecule has 2 amide bonds. The van der Waals surface area contributed by atoms with Crippen LogP contribution in [0.2, 0.25) is 0 Å². The van der Waals surface area contributed by atoms with Gasteiger partial charge in [0.2, 0.25) is 0 Å². The number of halogens is 1. The summed E-state index contributed by atoms with van der Waals surface area (Å²) < 4.78 is 24.6. The molecule has 0 unspecified atom stereocenters. The third kappa shape index (κ3) is 6.88. The van der Waals surface area contributed by atoms with E-state index in [1.807, 2.05) is 0 Å². The Hall–Kier alpha value is -4.05. The van der Waals surface area contributed by atoms with E-state index in [-0.39, 0.29) is 18.1 Å². The fourth-order valence-electron chi connectivity index (χ4n) is 4.21. The van der Waals surface area contributed by atoms with Crippen LogP contribution in [0.15, 0.2) is 53.6 Å². The zero-order chi connectivity index (χ0) is 27.9. The first-order valence-electron chi connectivity index (χ1n) is 12.7. The van der Waals surface area contributed by atoms with E-state index in [4.69, 9.17) is 9.47 Å². The number of carbonyl (C=O) groups is 3. The molecule has 3 aromatic rings. The summed E-state index contributed by atoms with van der Waals surface area (Å²) in [6.45, 7) is 5.73. The molecule has 39 heavy (non-hydrogen) atoms. The number of rotatable bonds is 9. The highest BCUT2D eigenvalue weighted by Gasteiger charge is 2.29. The first-order valence-corrected chi connectivity index (χ1v) is 13.6. The third-order valence-electron chi connectivity index (χ3n) is 6.30. The van der Waals surface area contributed by atoms with Crippen LogP contribution in [0.4, 0.5) is 9.39 Å². The molecule has 0 aliphatic heterocycles. The van der Waals surface area contributed by atoms with Crippen molar-refractivity contribution in [1.82, 2.24) is 5.43 Å². The van der Waals surface area contributed by atoms with Crippen LogP contribution in [0, 0.1) is 11.7 Å². The Morgan fingerprint density at radius 2 is 1.92 bits per heavy atom. The lowest BCUT2D eigenvalue weighted by Crippen LogP contribution is -2.33. The molecule has 2 N–H and O–H groups in total. The molecule has 0 saturated heterocycles. The second kappa shape index (κ2) is 12.7. The number of hydrogen-bond acceptors (Lipinski definition) is 7. The summed E-state index contributed by atoms with van der Waals surface area (Å²) in [4.78, 5) is 39.1. The second-order valence-corrected chi connectivity index (χ2v) is 10.4. The van der Waals surface area contributed by atoms with E-state index in [0.717, 1.165) is 29.7 Å². The molecule has 2 aromatic carbocycles. The molecule has 0 bridgehead atoms. The summed E-state index contributed by atoms with van der Waals surface area (Å²) in [5.41, 5.74) is 4.35. The number of carbonyl (C=O) groups excluding carboxylic acids is 3. The van der Waals surface area contributed by atoms with Crippen LogP contribution in [0.5, 0.6) is 5.75 Å². The maximum absolute atomic E-state index is 13.6. The monoisotopic (exact) mass is 551 g/mol. The Labute approximate surface area is 230 Å². The van der Waals surface area contributed by atoms with Gasteiger partial charge in [-0.1, -0.05) is 25.1 Å². The number of thiophene rings is 1. The van der Waals surface area contributed by atoms with Gasteiger partial charge in [0.25, 0.3) is 11.8 Å². The van der Waals surface area contributed by atoms with E-state index in [1.54, 1.807) is 50.2 Å². The largest absolute Gasteiger partial charge is 0.481 e. The van der Waals surface area contributed by atoms with Gasteiger partial charge in [-0.15, -0.1) is 11.3 Å². The summed E-state index contributed by atoms with van der Waals surface area (Å²) >= 11 is 1.43. The van der Waals surface area contributed by atoms with E-state index in [2.05, 4.69) is 22.8 Å². The number of amides is 2. The highest BCUT2D eigenvalue weighted by atomic mass is 32.1. The van der Waals surface area contributed by atoms with Gasteiger partial charge in [0, 0.05) is 16.0 Å². The maximum atomic E-state index is 13.6. The molecule has 0 spiro atoms. The minimum absolute atomic E-state index is 0.242. The van der Waals surface area contributed by atoms with E-state index >= 15 is 0 Å². The fraction of sp³-hybridized carbons (Fsp3) is 0.310. The summed E-state index contributed by atoms with van der Waals surface area (Å²) in [5, 5.41) is 7.16. The second-order valence-electron chi connectivity index (χ2n) is 9.27. The van der Waals surface area contributed by atoms with E-state index < -0.39 is 23.8 Å². The van der Waals surface area contributed by atoms with Gasteiger partial charge in [0.1, 0.15) is 16.6 Å². The lowest BCUT2D eigenvalue weighted by molar-refractivity contribution is -0.127. The van der Waals surface area contributed by atoms with Crippen LogP contribution in [-0.2, 0) is 22.4 Å². The Balaban J connectivity index is 1.38.